The van der Waals surface area contributed by atoms with E-state index in [1.165, 1.54) is 0 Å². The van der Waals surface area contributed by atoms with Crippen LogP contribution in [0.2, 0.25) is 0 Å². The molecule has 0 heterocycles. The molecule has 2 aromatic rings. The van der Waals surface area contributed by atoms with Crippen molar-refractivity contribution in [1.82, 2.24) is 0 Å². The number of alkyl halides is 1. The third-order valence-electron chi connectivity index (χ3n) is 3.71. The SMILES string of the molecule is CCC(c1ccc(OCCBr)cc1)C(Oc1ccccc1)C(=O)O. The van der Waals surface area contributed by atoms with E-state index in [-0.39, 0.29) is 5.92 Å². The Morgan fingerprint density at radius 1 is 1.08 bits per heavy atom. The maximum absolute atomic E-state index is 11.7. The molecule has 0 fully saturated rings. The standard InChI is InChI=1S/C19H21BrO4/c1-2-17(14-8-10-15(11-9-14)23-13-12-20)18(19(21)22)24-16-6-4-3-5-7-16/h3-11,17-18H,2,12-13H2,1H3,(H,21,22). The van der Waals surface area contributed by atoms with Crippen LogP contribution in [0.25, 0.3) is 0 Å². The van der Waals surface area contributed by atoms with E-state index in [4.69, 9.17) is 9.47 Å². The predicted octanol–water partition coefficient (Wildman–Crippen LogP) is 4.49. The number of carbonyl (C=O) groups is 1. The van der Waals surface area contributed by atoms with E-state index >= 15 is 0 Å². The van der Waals surface area contributed by atoms with Crippen molar-refractivity contribution in [3.05, 3.63) is 60.2 Å². The first-order chi connectivity index (χ1) is 11.7. The molecule has 0 aliphatic rings. The molecule has 1 N–H and O–H groups in total. The zero-order chi connectivity index (χ0) is 17.4. The van der Waals surface area contributed by atoms with Gasteiger partial charge < -0.3 is 14.6 Å². The molecular formula is C19H21BrO4. The minimum atomic E-state index is -0.967. The highest BCUT2D eigenvalue weighted by Crippen LogP contribution is 2.29. The fourth-order valence-corrected chi connectivity index (χ4v) is 2.70. The molecule has 0 saturated carbocycles. The number of carboxylic acid groups (broad SMARTS) is 1. The van der Waals surface area contributed by atoms with Crippen LogP contribution in [0.1, 0.15) is 24.8 Å². The van der Waals surface area contributed by atoms with E-state index in [0.29, 0.717) is 18.8 Å². The third-order valence-corrected chi connectivity index (χ3v) is 4.03. The van der Waals surface area contributed by atoms with Gasteiger partial charge in [0.1, 0.15) is 11.5 Å². The van der Waals surface area contributed by atoms with Crippen molar-refractivity contribution in [2.45, 2.75) is 25.4 Å². The van der Waals surface area contributed by atoms with E-state index in [0.717, 1.165) is 16.6 Å². The molecule has 0 spiro atoms. The van der Waals surface area contributed by atoms with Gasteiger partial charge in [0.15, 0.2) is 0 Å². The van der Waals surface area contributed by atoms with Gasteiger partial charge in [0, 0.05) is 11.2 Å². The summed E-state index contributed by atoms with van der Waals surface area (Å²) in [6.45, 7) is 2.55. The van der Waals surface area contributed by atoms with Gasteiger partial charge in [0.05, 0.1) is 6.61 Å². The Labute approximate surface area is 150 Å². The number of rotatable bonds is 9. The third kappa shape index (κ3) is 4.99. The highest BCUT2D eigenvalue weighted by Gasteiger charge is 2.30. The Morgan fingerprint density at radius 2 is 1.75 bits per heavy atom. The molecule has 4 nitrogen and oxygen atoms in total. The van der Waals surface area contributed by atoms with Crippen LogP contribution in [0, 0.1) is 0 Å². The van der Waals surface area contributed by atoms with Gasteiger partial charge in [-0.2, -0.15) is 0 Å². The second-order valence-electron chi connectivity index (χ2n) is 5.31. The molecule has 0 bridgehead atoms. The summed E-state index contributed by atoms with van der Waals surface area (Å²) >= 11 is 3.32. The van der Waals surface area contributed by atoms with Crippen molar-refractivity contribution in [2.75, 3.05) is 11.9 Å². The number of hydrogen-bond acceptors (Lipinski definition) is 3. The zero-order valence-electron chi connectivity index (χ0n) is 13.5. The molecular weight excluding hydrogens is 372 g/mol. The Hall–Kier alpha value is -2.01. The summed E-state index contributed by atoms with van der Waals surface area (Å²) in [4.78, 5) is 11.7. The van der Waals surface area contributed by atoms with E-state index in [1.807, 2.05) is 49.4 Å². The van der Waals surface area contributed by atoms with E-state index in [9.17, 15) is 9.90 Å². The highest BCUT2D eigenvalue weighted by atomic mass is 79.9. The molecule has 2 unspecified atom stereocenters. The van der Waals surface area contributed by atoms with Crippen LogP contribution in [-0.4, -0.2) is 29.1 Å². The maximum atomic E-state index is 11.7. The minimum Gasteiger partial charge on any atom is -0.493 e. The Morgan fingerprint density at radius 3 is 2.29 bits per heavy atom. The molecule has 2 atom stereocenters. The molecule has 128 valence electrons. The van der Waals surface area contributed by atoms with Gasteiger partial charge in [-0.25, -0.2) is 4.79 Å². The number of aliphatic carboxylic acids is 1. The normalized spacial score (nSPS) is 13.1. The molecule has 0 amide bonds. The average Bonchev–Trinajstić information content (AvgIpc) is 2.61. The van der Waals surface area contributed by atoms with Crippen LogP contribution in [0.5, 0.6) is 11.5 Å². The molecule has 0 saturated heterocycles. The molecule has 0 radical (unpaired) electrons. The van der Waals surface area contributed by atoms with Crippen LogP contribution >= 0.6 is 15.9 Å². The summed E-state index contributed by atoms with van der Waals surface area (Å²) < 4.78 is 11.3. The maximum Gasteiger partial charge on any atom is 0.345 e. The summed E-state index contributed by atoms with van der Waals surface area (Å²) in [5.41, 5.74) is 0.923. The number of halogens is 1. The van der Waals surface area contributed by atoms with Crippen molar-refractivity contribution < 1.29 is 19.4 Å². The van der Waals surface area contributed by atoms with Crippen molar-refractivity contribution in [1.29, 1.82) is 0 Å². The predicted molar refractivity (Wildman–Crippen MR) is 97.3 cm³/mol. The van der Waals surface area contributed by atoms with Crippen molar-refractivity contribution in [3.8, 4) is 11.5 Å². The minimum absolute atomic E-state index is 0.243. The number of hydrogen-bond donors (Lipinski definition) is 1. The van der Waals surface area contributed by atoms with Crippen LogP contribution in [0.3, 0.4) is 0 Å². The van der Waals surface area contributed by atoms with Crippen molar-refractivity contribution >= 4 is 21.9 Å². The van der Waals surface area contributed by atoms with Crippen LogP contribution < -0.4 is 9.47 Å². The van der Waals surface area contributed by atoms with Crippen LogP contribution in [0.15, 0.2) is 54.6 Å². The van der Waals surface area contributed by atoms with Gasteiger partial charge in [0.2, 0.25) is 6.10 Å². The number of benzene rings is 2. The highest BCUT2D eigenvalue weighted by molar-refractivity contribution is 9.09. The molecule has 0 aliphatic heterocycles. The Kier molecular flexibility index (Phi) is 7.12. The number of para-hydroxylation sites is 1. The molecule has 5 heteroatoms. The first-order valence-electron chi connectivity index (χ1n) is 7.89. The van der Waals surface area contributed by atoms with Gasteiger partial charge in [-0.3, -0.25) is 0 Å². The second kappa shape index (κ2) is 9.33. The van der Waals surface area contributed by atoms with Crippen LogP contribution in [0.4, 0.5) is 0 Å². The van der Waals surface area contributed by atoms with Crippen molar-refractivity contribution in [2.24, 2.45) is 0 Å². The Bertz CT molecular complexity index is 628. The number of ether oxygens (including phenoxy) is 2. The summed E-state index contributed by atoms with van der Waals surface area (Å²) in [6.07, 6.45) is -0.280. The Balaban J connectivity index is 2.18. The van der Waals surface area contributed by atoms with Gasteiger partial charge >= 0.3 is 5.97 Å². The topological polar surface area (TPSA) is 55.8 Å². The second-order valence-corrected chi connectivity index (χ2v) is 6.10. The monoisotopic (exact) mass is 392 g/mol. The summed E-state index contributed by atoms with van der Waals surface area (Å²) in [7, 11) is 0. The van der Waals surface area contributed by atoms with Crippen molar-refractivity contribution in [3.63, 3.8) is 0 Å². The quantitative estimate of drug-likeness (QED) is 0.638. The lowest BCUT2D eigenvalue weighted by Crippen LogP contribution is -2.33. The first kappa shape index (κ1) is 18.3. The van der Waals surface area contributed by atoms with E-state index < -0.39 is 12.1 Å². The fraction of sp³-hybridized carbons (Fsp3) is 0.316. The van der Waals surface area contributed by atoms with Crippen LogP contribution in [-0.2, 0) is 4.79 Å². The summed E-state index contributed by atoms with van der Waals surface area (Å²) in [5.74, 6) is 0.114. The molecule has 2 rings (SSSR count). The largest absolute Gasteiger partial charge is 0.493 e. The van der Waals surface area contributed by atoms with Gasteiger partial charge in [-0.1, -0.05) is 53.2 Å². The smallest absolute Gasteiger partial charge is 0.345 e. The lowest BCUT2D eigenvalue weighted by atomic mass is 9.90. The summed E-state index contributed by atoms with van der Waals surface area (Å²) in [5, 5.41) is 10.4. The van der Waals surface area contributed by atoms with Gasteiger partial charge in [-0.05, 0) is 36.2 Å². The molecule has 24 heavy (non-hydrogen) atoms. The first-order valence-corrected chi connectivity index (χ1v) is 9.01. The lowest BCUT2D eigenvalue weighted by Gasteiger charge is -2.24. The van der Waals surface area contributed by atoms with E-state index in [1.54, 1.807) is 12.1 Å². The van der Waals surface area contributed by atoms with Gasteiger partial charge in [-0.15, -0.1) is 0 Å². The molecule has 0 aromatic heterocycles. The lowest BCUT2D eigenvalue weighted by molar-refractivity contribution is -0.146. The number of carboxylic acids is 1. The summed E-state index contributed by atoms with van der Waals surface area (Å²) in [6, 6.07) is 16.6. The zero-order valence-corrected chi connectivity index (χ0v) is 15.1. The van der Waals surface area contributed by atoms with Gasteiger partial charge in [0.25, 0.3) is 0 Å². The molecule has 0 aliphatic carbocycles. The van der Waals surface area contributed by atoms with E-state index in [2.05, 4.69) is 15.9 Å². The average molecular weight is 393 g/mol. The molecule has 2 aromatic carbocycles. The fourth-order valence-electron chi connectivity index (χ4n) is 2.54.